The maximum absolute atomic E-state index is 9.10. The van der Waals surface area contributed by atoms with E-state index in [2.05, 4.69) is 31.3 Å². The molecule has 0 spiro atoms. The van der Waals surface area contributed by atoms with Gasteiger partial charge in [-0.2, -0.15) is 5.26 Å². The molecule has 1 aliphatic carbocycles. The van der Waals surface area contributed by atoms with Crippen LogP contribution in [0.3, 0.4) is 0 Å². The number of rotatable bonds is 2. The summed E-state index contributed by atoms with van der Waals surface area (Å²) in [5.41, 5.74) is 2.97. The number of nitriles is 1. The molecular formula is C15H20N2. The van der Waals surface area contributed by atoms with Crippen LogP contribution < -0.4 is 5.32 Å². The first-order valence-corrected chi connectivity index (χ1v) is 6.46. The third-order valence-electron chi connectivity index (χ3n) is 3.59. The molecule has 2 rings (SSSR count). The van der Waals surface area contributed by atoms with Gasteiger partial charge in [0, 0.05) is 6.04 Å². The first-order chi connectivity index (χ1) is 8.19. The van der Waals surface area contributed by atoms with Crippen LogP contribution >= 0.6 is 0 Å². The van der Waals surface area contributed by atoms with Crippen molar-refractivity contribution >= 4 is 5.69 Å². The highest BCUT2D eigenvalue weighted by Crippen LogP contribution is 2.27. The quantitative estimate of drug-likeness (QED) is 0.834. The second kappa shape index (κ2) is 5.23. The van der Waals surface area contributed by atoms with E-state index in [0.29, 0.717) is 6.04 Å². The molecule has 0 radical (unpaired) electrons. The van der Waals surface area contributed by atoms with Crippen LogP contribution in [-0.2, 0) is 0 Å². The van der Waals surface area contributed by atoms with E-state index in [1.165, 1.54) is 31.2 Å². The molecule has 2 unspecified atom stereocenters. The van der Waals surface area contributed by atoms with Gasteiger partial charge >= 0.3 is 0 Å². The van der Waals surface area contributed by atoms with Crippen LogP contribution in [0.1, 0.15) is 43.7 Å². The molecule has 17 heavy (non-hydrogen) atoms. The largest absolute Gasteiger partial charge is 0.381 e. The van der Waals surface area contributed by atoms with E-state index < -0.39 is 0 Å². The first kappa shape index (κ1) is 12.0. The lowest BCUT2D eigenvalue weighted by Gasteiger charge is -2.28. The highest BCUT2D eigenvalue weighted by atomic mass is 14.9. The SMILES string of the molecule is Cc1ccc(C#N)c(NC2CCCC(C)C2)c1. The molecule has 1 aliphatic rings. The fourth-order valence-electron chi connectivity index (χ4n) is 2.66. The average Bonchev–Trinajstić information content (AvgIpc) is 2.29. The van der Waals surface area contributed by atoms with Crippen LogP contribution in [0.15, 0.2) is 18.2 Å². The molecule has 1 aromatic rings. The standard InChI is InChI=1S/C15H20N2/c1-11-4-3-5-14(8-11)17-15-9-12(2)6-7-13(15)10-16/h6-7,9,11,14,17H,3-5,8H2,1-2H3. The lowest BCUT2D eigenvalue weighted by molar-refractivity contribution is 0.358. The van der Waals surface area contributed by atoms with Gasteiger partial charge in [0.25, 0.3) is 0 Å². The van der Waals surface area contributed by atoms with Crippen molar-refractivity contribution in [3.8, 4) is 6.07 Å². The summed E-state index contributed by atoms with van der Waals surface area (Å²) >= 11 is 0. The topological polar surface area (TPSA) is 35.8 Å². The van der Waals surface area contributed by atoms with Gasteiger partial charge in [0.15, 0.2) is 0 Å². The van der Waals surface area contributed by atoms with Gasteiger partial charge in [0.2, 0.25) is 0 Å². The minimum Gasteiger partial charge on any atom is -0.381 e. The molecule has 0 bridgehead atoms. The molecule has 1 aromatic carbocycles. The summed E-state index contributed by atoms with van der Waals surface area (Å²) in [5.74, 6) is 0.802. The van der Waals surface area contributed by atoms with Crippen LogP contribution in [0.2, 0.25) is 0 Å². The van der Waals surface area contributed by atoms with Crippen LogP contribution in [0, 0.1) is 24.2 Å². The Kier molecular flexibility index (Phi) is 3.68. The molecule has 90 valence electrons. The van der Waals surface area contributed by atoms with Gasteiger partial charge in [-0.3, -0.25) is 0 Å². The molecular weight excluding hydrogens is 208 g/mol. The Labute approximate surface area is 104 Å². The van der Waals surface area contributed by atoms with E-state index >= 15 is 0 Å². The molecule has 1 fully saturated rings. The summed E-state index contributed by atoms with van der Waals surface area (Å²) in [5, 5.41) is 12.6. The highest BCUT2D eigenvalue weighted by molar-refractivity contribution is 5.59. The van der Waals surface area contributed by atoms with Gasteiger partial charge in [-0.15, -0.1) is 0 Å². The molecule has 1 N–H and O–H groups in total. The Morgan fingerprint density at radius 1 is 1.35 bits per heavy atom. The lowest BCUT2D eigenvalue weighted by Crippen LogP contribution is -2.26. The number of benzene rings is 1. The van der Waals surface area contributed by atoms with E-state index in [1.807, 2.05) is 12.1 Å². The number of hydrogen-bond donors (Lipinski definition) is 1. The molecule has 0 aromatic heterocycles. The van der Waals surface area contributed by atoms with Gasteiger partial charge in [-0.25, -0.2) is 0 Å². The van der Waals surface area contributed by atoms with Gasteiger partial charge in [-0.05, 0) is 43.4 Å². The minimum atomic E-state index is 0.535. The third kappa shape index (κ3) is 3.00. The van der Waals surface area contributed by atoms with E-state index in [0.717, 1.165) is 17.2 Å². The monoisotopic (exact) mass is 228 g/mol. The molecule has 0 heterocycles. The van der Waals surface area contributed by atoms with E-state index in [9.17, 15) is 0 Å². The maximum atomic E-state index is 9.10. The number of aryl methyl sites for hydroxylation is 1. The lowest BCUT2D eigenvalue weighted by atomic mass is 9.87. The van der Waals surface area contributed by atoms with Crippen molar-refractivity contribution in [3.05, 3.63) is 29.3 Å². The van der Waals surface area contributed by atoms with Gasteiger partial charge in [-0.1, -0.05) is 25.8 Å². The van der Waals surface area contributed by atoms with E-state index in [-0.39, 0.29) is 0 Å². The van der Waals surface area contributed by atoms with Gasteiger partial charge < -0.3 is 5.32 Å². The Hall–Kier alpha value is -1.49. The smallest absolute Gasteiger partial charge is 0.101 e. The Bertz CT molecular complexity index is 431. The summed E-state index contributed by atoms with van der Waals surface area (Å²) in [7, 11) is 0. The van der Waals surface area contributed by atoms with E-state index in [1.54, 1.807) is 0 Å². The zero-order valence-corrected chi connectivity index (χ0v) is 10.7. The van der Waals surface area contributed by atoms with Crippen LogP contribution in [0.5, 0.6) is 0 Å². The Morgan fingerprint density at radius 2 is 2.18 bits per heavy atom. The van der Waals surface area contributed by atoms with E-state index in [4.69, 9.17) is 5.26 Å². The third-order valence-corrected chi connectivity index (χ3v) is 3.59. The van der Waals surface area contributed by atoms with Crippen molar-refractivity contribution in [2.75, 3.05) is 5.32 Å². The number of nitrogens with zero attached hydrogens (tertiary/aromatic N) is 1. The molecule has 0 aliphatic heterocycles. The van der Waals surface area contributed by atoms with Crippen LogP contribution in [0.25, 0.3) is 0 Å². The number of nitrogens with one attached hydrogen (secondary N) is 1. The highest BCUT2D eigenvalue weighted by Gasteiger charge is 2.19. The molecule has 1 saturated carbocycles. The van der Waals surface area contributed by atoms with Crippen LogP contribution in [-0.4, -0.2) is 6.04 Å². The van der Waals surface area contributed by atoms with Crippen molar-refractivity contribution in [1.29, 1.82) is 5.26 Å². The fraction of sp³-hybridized carbons (Fsp3) is 0.533. The van der Waals surface area contributed by atoms with Crippen molar-refractivity contribution in [1.82, 2.24) is 0 Å². The molecule has 0 amide bonds. The van der Waals surface area contributed by atoms with Gasteiger partial charge in [0.1, 0.15) is 6.07 Å². The molecule has 0 saturated heterocycles. The predicted octanol–water partition coefficient (Wildman–Crippen LogP) is 3.86. The average molecular weight is 228 g/mol. The zero-order valence-electron chi connectivity index (χ0n) is 10.7. The number of hydrogen-bond acceptors (Lipinski definition) is 2. The second-order valence-electron chi connectivity index (χ2n) is 5.27. The fourth-order valence-corrected chi connectivity index (χ4v) is 2.66. The summed E-state index contributed by atoms with van der Waals surface area (Å²) in [6.45, 7) is 4.38. The first-order valence-electron chi connectivity index (χ1n) is 6.46. The van der Waals surface area contributed by atoms with Crippen molar-refractivity contribution in [2.45, 2.75) is 45.6 Å². The second-order valence-corrected chi connectivity index (χ2v) is 5.27. The maximum Gasteiger partial charge on any atom is 0.101 e. The predicted molar refractivity (Wildman–Crippen MR) is 70.9 cm³/mol. The molecule has 2 atom stereocenters. The number of anilines is 1. The van der Waals surface area contributed by atoms with Gasteiger partial charge in [0.05, 0.1) is 11.3 Å². The van der Waals surface area contributed by atoms with Crippen molar-refractivity contribution < 1.29 is 0 Å². The normalized spacial score (nSPS) is 24.1. The minimum absolute atomic E-state index is 0.535. The summed E-state index contributed by atoms with van der Waals surface area (Å²) < 4.78 is 0. The molecule has 2 nitrogen and oxygen atoms in total. The van der Waals surface area contributed by atoms with Crippen molar-refractivity contribution in [2.24, 2.45) is 5.92 Å². The van der Waals surface area contributed by atoms with Crippen molar-refractivity contribution in [3.63, 3.8) is 0 Å². The summed E-state index contributed by atoms with van der Waals surface area (Å²) in [6, 6.07) is 8.78. The van der Waals surface area contributed by atoms with Crippen LogP contribution in [0.4, 0.5) is 5.69 Å². The molecule has 2 heteroatoms. The zero-order chi connectivity index (χ0) is 12.3. The Balaban J connectivity index is 2.12. The Morgan fingerprint density at radius 3 is 2.88 bits per heavy atom. The summed E-state index contributed by atoms with van der Waals surface area (Å²) in [4.78, 5) is 0. The summed E-state index contributed by atoms with van der Waals surface area (Å²) in [6.07, 6.45) is 5.09.